The highest BCUT2D eigenvalue weighted by molar-refractivity contribution is 5.90. The van der Waals surface area contributed by atoms with Crippen LogP contribution in [0.15, 0.2) is 24.3 Å². The number of esters is 1. The molecule has 3 aliphatic heterocycles. The van der Waals surface area contributed by atoms with Crippen molar-refractivity contribution in [2.45, 2.75) is 18.9 Å². The second-order valence-electron chi connectivity index (χ2n) is 5.68. The summed E-state index contributed by atoms with van der Waals surface area (Å²) in [6, 6.07) is 7.62. The summed E-state index contributed by atoms with van der Waals surface area (Å²) >= 11 is 0. The van der Waals surface area contributed by atoms with Crippen LogP contribution in [0.4, 0.5) is 0 Å². The zero-order chi connectivity index (χ0) is 13.5. The number of nitrogens with zero attached hydrogens (tertiary/aromatic N) is 2. The molecule has 1 aromatic carbocycles. The Morgan fingerprint density at radius 2 is 2.10 bits per heavy atom. The lowest BCUT2D eigenvalue weighted by Crippen LogP contribution is -2.52. The quantitative estimate of drug-likeness (QED) is 0.846. The summed E-state index contributed by atoms with van der Waals surface area (Å²) in [5.74, 6) is 0.496. The number of aromatic amines is 1. The average molecular weight is 271 g/mol. The second-order valence-corrected chi connectivity index (χ2v) is 5.68. The molecule has 0 amide bonds. The Labute approximate surface area is 116 Å². The van der Waals surface area contributed by atoms with Crippen LogP contribution in [0.5, 0.6) is 0 Å². The van der Waals surface area contributed by atoms with Gasteiger partial charge in [0.1, 0.15) is 6.10 Å². The molecule has 5 nitrogen and oxygen atoms in total. The van der Waals surface area contributed by atoms with Crippen molar-refractivity contribution in [1.82, 2.24) is 14.9 Å². The van der Waals surface area contributed by atoms with Crippen LogP contribution in [0.1, 0.15) is 23.5 Å². The van der Waals surface area contributed by atoms with Crippen molar-refractivity contribution < 1.29 is 9.53 Å². The van der Waals surface area contributed by atoms with E-state index in [4.69, 9.17) is 4.74 Å². The maximum atomic E-state index is 12.2. The van der Waals surface area contributed by atoms with E-state index in [0.29, 0.717) is 11.7 Å². The number of hydrogen-bond donors (Lipinski definition) is 1. The van der Waals surface area contributed by atoms with E-state index in [9.17, 15) is 4.79 Å². The van der Waals surface area contributed by atoms with E-state index in [1.54, 1.807) is 0 Å². The first-order chi connectivity index (χ1) is 9.79. The molecule has 0 saturated carbocycles. The highest BCUT2D eigenvalue weighted by Crippen LogP contribution is 2.30. The molecule has 3 fully saturated rings. The SMILES string of the molecule is O=C(OC1CN2CCC1CC2)c1nc2ccccc2[nH]1. The number of nitrogens with one attached hydrogen (secondary N) is 1. The summed E-state index contributed by atoms with van der Waals surface area (Å²) in [6.07, 6.45) is 2.30. The Bertz CT molecular complexity index is 610. The normalized spacial score (nSPS) is 28.7. The van der Waals surface area contributed by atoms with Crippen molar-refractivity contribution in [2.75, 3.05) is 19.6 Å². The summed E-state index contributed by atoms with van der Waals surface area (Å²) in [6.45, 7) is 3.16. The van der Waals surface area contributed by atoms with E-state index < -0.39 is 0 Å². The van der Waals surface area contributed by atoms with Crippen LogP contribution >= 0.6 is 0 Å². The Morgan fingerprint density at radius 1 is 1.30 bits per heavy atom. The first-order valence-corrected chi connectivity index (χ1v) is 7.18. The molecule has 20 heavy (non-hydrogen) atoms. The number of ether oxygens (including phenoxy) is 1. The number of para-hydroxylation sites is 2. The van der Waals surface area contributed by atoms with Gasteiger partial charge in [-0.25, -0.2) is 9.78 Å². The fraction of sp³-hybridized carbons (Fsp3) is 0.467. The van der Waals surface area contributed by atoms with E-state index in [-0.39, 0.29) is 12.1 Å². The summed E-state index contributed by atoms with van der Waals surface area (Å²) in [5.41, 5.74) is 1.67. The van der Waals surface area contributed by atoms with E-state index in [2.05, 4.69) is 14.9 Å². The highest BCUT2D eigenvalue weighted by Gasteiger charge is 2.36. The molecule has 104 valence electrons. The molecular weight excluding hydrogens is 254 g/mol. The van der Waals surface area contributed by atoms with Gasteiger partial charge in [-0.1, -0.05) is 12.1 Å². The molecule has 0 spiro atoms. The molecular formula is C15H17N3O2. The zero-order valence-electron chi connectivity index (χ0n) is 11.2. The van der Waals surface area contributed by atoms with Gasteiger partial charge in [-0.05, 0) is 44.0 Å². The number of piperidine rings is 3. The third kappa shape index (κ3) is 1.98. The summed E-state index contributed by atoms with van der Waals surface area (Å²) in [5, 5.41) is 0. The molecule has 5 rings (SSSR count). The van der Waals surface area contributed by atoms with E-state index in [0.717, 1.165) is 43.5 Å². The third-order valence-electron chi connectivity index (χ3n) is 4.44. The molecule has 1 unspecified atom stereocenters. The van der Waals surface area contributed by atoms with Crippen molar-refractivity contribution in [3.8, 4) is 0 Å². The maximum Gasteiger partial charge on any atom is 0.374 e. The van der Waals surface area contributed by atoms with Gasteiger partial charge in [0.25, 0.3) is 0 Å². The van der Waals surface area contributed by atoms with Crippen molar-refractivity contribution in [1.29, 1.82) is 0 Å². The first kappa shape index (κ1) is 11.9. The number of carbonyl (C=O) groups excluding carboxylic acids is 1. The predicted octanol–water partition coefficient (Wildman–Crippen LogP) is 1.81. The largest absolute Gasteiger partial charge is 0.455 e. The predicted molar refractivity (Wildman–Crippen MR) is 74.5 cm³/mol. The number of H-pyrrole nitrogens is 1. The van der Waals surface area contributed by atoms with Gasteiger partial charge in [-0.3, -0.25) is 4.90 Å². The molecule has 0 radical (unpaired) electrons. The smallest absolute Gasteiger partial charge is 0.374 e. The number of imidazole rings is 1. The van der Waals surface area contributed by atoms with Crippen molar-refractivity contribution in [3.05, 3.63) is 30.1 Å². The Kier molecular flexibility index (Phi) is 2.73. The molecule has 1 atom stereocenters. The summed E-state index contributed by atoms with van der Waals surface area (Å²) in [4.78, 5) is 21.9. The zero-order valence-corrected chi connectivity index (χ0v) is 11.2. The van der Waals surface area contributed by atoms with Gasteiger partial charge in [0.15, 0.2) is 0 Å². The van der Waals surface area contributed by atoms with Crippen LogP contribution < -0.4 is 0 Å². The molecule has 2 bridgehead atoms. The van der Waals surface area contributed by atoms with Crippen LogP contribution in [0.2, 0.25) is 0 Å². The number of hydrogen-bond acceptors (Lipinski definition) is 4. The Hall–Kier alpha value is -1.88. The summed E-state index contributed by atoms with van der Waals surface area (Å²) in [7, 11) is 0. The average Bonchev–Trinajstić information content (AvgIpc) is 2.92. The molecule has 2 aromatic rings. The van der Waals surface area contributed by atoms with E-state index >= 15 is 0 Å². The molecule has 4 heterocycles. The fourth-order valence-electron chi connectivity index (χ4n) is 3.29. The van der Waals surface area contributed by atoms with Crippen LogP contribution in [-0.2, 0) is 4.74 Å². The Morgan fingerprint density at radius 3 is 2.80 bits per heavy atom. The highest BCUT2D eigenvalue weighted by atomic mass is 16.5. The number of carbonyl (C=O) groups is 1. The lowest BCUT2D eigenvalue weighted by atomic mass is 9.86. The minimum atomic E-state index is -0.333. The van der Waals surface area contributed by atoms with Gasteiger partial charge in [0.05, 0.1) is 11.0 Å². The number of aromatic nitrogens is 2. The molecule has 1 N–H and O–H groups in total. The molecule has 3 aliphatic rings. The van der Waals surface area contributed by atoms with E-state index in [1.807, 2.05) is 24.3 Å². The Balaban J connectivity index is 1.52. The molecule has 1 aromatic heterocycles. The standard InChI is InChI=1S/C15H17N3O2/c19-15(14-16-11-3-1-2-4-12(11)17-14)20-13-9-18-7-5-10(13)6-8-18/h1-4,10,13H,5-9H2,(H,16,17). The van der Waals surface area contributed by atoms with Crippen LogP contribution in [-0.4, -0.2) is 46.6 Å². The first-order valence-electron chi connectivity index (χ1n) is 7.18. The van der Waals surface area contributed by atoms with Crippen molar-refractivity contribution in [2.24, 2.45) is 5.92 Å². The number of rotatable bonds is 2. The minimum absolute atomic E-state index is 0.0261. The van der Waals surface area contributed by atoms with Gasteiger partial charge in [0, 0.05) is 6.54 Å². The van der Waals surface area contributed by atoms with Crippen LogP contribution in [0.3, 0.4) is 0 Å². The third-order valence-corrected chi connectivity index (χ3v) is 4.44. The molecule has 0 aliphatic carbocycles. The van der Waals surface area contributed by atoms with Crippen LogP contribution in [0, 0.1) is 5.92 Å². The molecule has 5 heteroatoms. The lowest BCUT2D eigenvalue weighted by Gasteiger charge is -2.43. The lowest BCUT2D eigenvalue weighted by molar-refractivity contribution is -0.0462. The monoisotopic (exact) mass is 271 g/mol. The van der Waals surface area contributed by atoms with Gasteiger partial charge in [-0.15, -0.1) is 0 Å². The second kappa shape index (κ2) is 4.59. The minimum Gasteiger partial charge on any atom is -0.455 e. The van der Waals surface area contributed by atoms with Gasteiger partial charge in [0.2, 0.25) is 5.82 Å². The van der Waals surface area contributed by atoms with Crippen molar-refractivity contribution in [3.63, 3.8) is 0 Å². The van der Waals surface area contributed by atoms with Gasteiger partial charge in [-0.2, -0.15) is 0 Å². The number of fused-ring (bicyclic) bond motifs is 4. The van der Waals surface area contributed by atoms with Gasteiger partial charge >= 0.3 is 5.97 Å². The maximum absolute atomic E-state index is 12.2. The summed E-state index contributed by atoms with van der Waals surface area (Å²) < 4.78 is 5.67. The fourth-order valence-corrected chi connectivity index (χ4v) is 3.29. The number of benzene rings is 1. The van der Waals surface area contributed by atoms with Crippen molar-refractivity contribution >= 4 is 17.0 Å². The molecule has 3 saturated heterocycles. The topological polar surface area (TPSA) is 58.2 Å². The van der Waals surface area contributed by atoms with E-state index in [1.165, 1.54) is 0 Å². The van der Waals surface area contributed by atoms with Gasteiger partial charge < -0.3 is 9.72 Å². The van der Waals surface area contributed by atoms with Crippen LogP contribution in [0.25, 0.3) is 11.0 Å².